The molecule has 0 aromatic carbocycles. The Bertz CT molecular complexity index is 80.5. The number of methoxy groups -OCH3 is 1. The molecule has 48 valence electrons. The zero-order valence-electron chi connectivity index (χ0n) is 4.98. The van der Waals surface area contributed by atoms with E-state index in [2.05, 4.69) is 4.74 Å². The molecule has 8 heavy (non-hydrogen) atoms. The fourth-order valence-corrected chi connectivity index (χ4v) is 0.243. The van der Waals surface area contributed by atoms with Gasteiger partial charge in [-0.2, -0.15) is 0 Å². The second-order valence-corrected chi connectivity index (χ2v) is 1.52. The van der Waals surface area contributed by atoms with Crippen LogP contribution >= 0.6 is 11.6 Å². The van der Waals surface area contributed by atoms with Gasteiger partial charge in [-0.05, 0) is 24.6 Å². The van der Waals surface area contributed by atoms with E-state index < -0.39 is 0 Å². The second-order valence-electron chi connectivity index (χ2n) is 1.14. The van der Waals surface area contributed by atoms with Crippen molar-refractivity contribution in [2.24, 2.45) is 0 Å². The molecule has 0 aliphatic rings. The van der Waals surface area contributed by atoms with E-state index in [1.54, 1.807) is 20.1 Å². The van der Waals surface area contributed by atoms with Gasteiger partial charge in [-0.1, -0.05) is 0 Å². The van der Waals surface area contributed by atoms with Crippen LogP contribution in [0.25, 0.3) is 0 Å². The molecule has 0 heterocycles. The van der Waals surface area contributed by atoms with E-state index in [-0.39, 0.29) is 6.79 Å². The van der Waals surface area contributed by atoms with Crippen molar-refractivity contribution in [3.8, 4) is 0 Å². The minimum Gasteiger partial charge on any atom is -0.457 e. The largest absolute Gasteiger partial charge is 0.457 e. The van der Waals surface area contributed by atoms with Crippen LogP contribution in [0.1, 0.15) is 6.92 Å². The summed E-state index contributed by atoms with van der Waals surface area (Å²) >= 11 is 5.40. The highest BCUT2D eigenvalue weighted by Crippen LogP contribution is 2.00. The number of halogens is 1. The highest BCUT2D eigenvalue weighted by atomic mass is 35.5. The summed E-state index contributed by atoms with van der Waals surface area (Å²) in [6.07, 6.45) is 1.65. The Hall–Kier alpha value is -0.210. The van der Waals surface area contributed by atoms with Gasteiger partial charge in [0.05, 0.1) is 0 Å². The maximum Gasteiger partial charge on any atom is 0.189 e. The molecule has 0 amide bonds. The van der Waals surface area contributed by atoms with Crippen molar-refractivity contribution in [1.29, 1.82) is 0 Å². The molecule has 0 bridgehead atoms. The van der Waals surface area contributed by atoms with Gasteiger partial charge in [-0.15, -0.1) is 0 Å². The third kappa shape index (κ3) is 3.96. The smallest absolute Gasteiger partial charge is 0.189 e. The summed E-state index contributed by atoms with van der Waals surface area (Å²) in [4.78, 5) is 0. The minimum absolute atomic E-state index is 0.211. The molecule has 2 nitrogen and oxygen atoms in total. The lowest BCUT2D eigenvalue weighted by Crippen LogP contribution is -1.91. The molecular weight excluding hydrogens is 128 g/mol. The number of rotatable bonds is 3. The van der Waals surface area contributed by atoms with E-state index in [9.17, 15) is 0 Å². The van der Waals surface area contributed by atoms with Crippen molar-refractivity contribution in [3.05, 3.63) is 11.3 Å². The lowest BCUT2D eigenvalue weighted by molar-refractivity contribution is 0.0144. The Labute approximate surface area is 54.0 Å². The molecule has 0 aliphatic heterocycles. The summed E-state index contributed by atoms with van der Waals surface area (Å²) in [7, 11) is 1.54. The van der Waals surface area contributed by atoms with Gasteiger partial charge in [-0.3, -0.25) is 0 Å². The van der Waals surface area contributed by atoms with Crippen LogP contribution in [-0.4, -0.2) is 13.9 Å². The number of ether oxygens (including phenoxy) is 2. The van der Waals surface area contributed by atoms with Gasteiger partial charge in [0.2, 0.25) is 0 Å². The molecule has 0 spiro atoms. The average Bonchev–Trinajstić information content (AvgIpc) is 1.83. The number of hydrogen-bond donors (Lipinski definition) is 0. The molecule has 0 saturated heterocycles. The van der Waals surface area contributed by atoms with Crippen LogP contribution in [0.2, 0.25) is 0 Å². The monoisotopic (exact) mass is 136 g/mol. The molecule has 0 radical (unpaired) electrons. The van der Waals surface area contributed by atoms with Gasteiger partial charge in [0.15, 0.2) is 12.0 Å². The van der Waals surface area contributed by atoms with Crippen molar-refractivity contribution in [3.63, 3.8) is 0 Å². The first-order valence-electron chi connectivity index (χ1n) is 2.24. The highest BCUT2D eigenvalue weighted by Gasteiger charge is 1.84. The summed E-state index contributed by atoms with van der Waals surface area (Å²) in [6.45, 7) is 2.00. The van der Waals surface area contributed by atoms with Gasteiger partial charge in [0.1, 0.15) is 0 Å². The highest BCUT2D eigenvalue weighted by molar-refractivity contribution is 6.28. The molecule has 0 aromatic rings. The fourth-order valence-electron chi connectivity index (χ4n) is 0.199. The molecule has 0 atom stereocenters. The predicted molar refractivity (Wildman–Crippen MR) is 32.6 cm³/mol. The molecule has 0 saturated carbocycles. The Morgan fingerprint density at radius 3 is 2.75 bits per heavy atom. The van der Waals surface area contributed by atoms with Crippen molar-refractivity contribution < 1.29 is 9.47 Å². The summed E-state index contributed by atoms with van der Waals surface area (Å²) in [5.74, 6) is 0. The van der Waals surface area contributed by atoms with Crippen LogP contribution in [0.5, 0.6) is 0 Å². The van der Waals surface area contributed by atoms with Crippen LogP contribution in [0.3, 0.4) is 0 Å². The zero-order chi connectivity index (χ0) is 6.41. The first-order valence-corrected chi connectivity index (χ1v) is 2.62. The first kappa shape index (κ1) is 7.79. The topological polar surface area (TPSA) is 18.5 Å². The standard InChI is InChI=1S/C5H9ClO2/c1-3-5(6)8-4-7-2/h3H,4H2,1-2H3. The SMILES string of the molecule is CC=C(Cl)OCOC. The molecule has 0 rings (SSSR count). The molecular formula is C5H9ClO2. The van der Waals surface area contributed by atoms with Crippen molar-refractivity contribution in [2.75, 3.05) is 13.9 Å². The van der Waals surface area contributed by atoms with Crippen LogP contribution in [-0.2, 0) is 9.47 Å². The van der Waals surface area contributed by atoms with Crippen LogP contribution < -0.4 is 0 Å². The summed E-state index contributed by atoms with van der Waals surface area (Å²) in [5, 5.41) is 0.367. The van der Waals surface area contributed by atoms with E-state index in [1.807, 2.05) is 0 Å². The van der Waals surface area contributed by atoms with E-state index in [0.717, 1.165) is 0 Å². The Morgan fingerprint density at radius 1 is 1.75 bits per heavy atom. The zero-order valence-corrected chi connectivity index (χ0v) is 5.73. The van der Waals surface area contributed by atoms with Gasteiger partial charge >= 0.3 is 0 Å². The summed E-state index contributed by atoms with van der Waals surface area (Å²) < 4.78 is 9.31. The normalized spacial score (nSPS) is 11.6. The number of hydrogen-bond acceptors (Lipinski definition) is 2. The average molecular weight is 137 g/mol. The van der Waals surface area contributed by atoms with Crippen LogP contribution in [0.15, 0.2) is 11.3 Å². The third-order valence-corrected chi connectivity index (χ3v) is 0.869. The van der Waals surface area contributed by atoms with Gasteiger partial charge in [0.25, 0.3) is 0 Å². The first-order chi connectivity index (χ1) is 3.81. The van der Waals surface area contributed by atoms with E-state index in [1.165, 1.54) is 0 Å². The Balaban J connectivity index is 3.12. The molecule has 0 N–H and O–H groups in total. The Morgan fingerprint density at radius 2 is 2.38 bits per heavy atom. The van der Waals surface area contributed by atoms with Crippen molar-refractivity contribution >= 4 is 11.6 Å². The number of allylic oxidation sites excluding steroid dienone is 1. The summed E-state index contributed by atoms with van der Waals surface area (Å²) in [6, 6.07) is 0. The Kier molecular flexibility index (Phi) is 4.81. The maximum atomic E-state index is 5.40. The van der Waals surface area contributed by atoms with Crippen LogP contribution in [0, 0.1) is 0 Å². The lowest BCUT2D eigenvalue weighted by Gasteiger charge is -1.99. The van der Waals surface area contributed by atoms with Crippen molar-refractivity contribution in [2.45, 2.75) is 6.92 Å². The lowest BCUT2D eigenvalue weighted by atomic mass is 10.7. The van der Waals surface area contributed by atoms with Gasteiger partial charge in [-0.25, -0.2) is 0 Å². The van der Waals surface area contributed by atoms with Gasteiger partial charge in [0, 0.05) is 7.11 Å². The van der Waals surface area contributed by atoms with Crippen molar-refractivity contribution in [1.82, 2.24) is 0 Å². The predicted octanol–water partition coefficient (Wildman–Crippen LogP) is 1.71. The quantitative estimate of drug-likeness (QED) is 0.435. The second kappa shape index (κ2) is 4.94. The van der Waals surface area contributed by atoms with E-state index >= 15 is 0 Å². The minimum atomic E-state index is 0.211. The molecule has 0 fully saturated rings. The third-order valence-electron chi connectivity index (χ3n) is 0.542. The van der Waals surface area contributed by atoms with E-state index in [0.29, 0.717) is 5.22 Å². The van der Waals surface area contributed by atoms with Crippen LogP contribution in [0.4, 0.5) is 0 Å². The van der Waals surface area contributed by atoms with Gasteiger partial charge < -0.3 is 9.47 Å². The maximum absolute atomic E-state index is 5.40. The van der Waals surface area contributed by atoms with E-state index in [4.69, 9.17) is 16.3 Å². The molecule has 3 heteroatoms. The summed E-state index contributed by atoms with van der Waals surface area (Å²) in [5.41, 5.74) is 0. The molecule has 0 aliphatic carbocycles. The molecule has 0 unspecified atom stereocenters. The molecule has 0 aromatic heterocycles. The fraction of sp³-hybridized carbons (Fsp3) is 0.600.